The van der Waals surface area contributed by atoms with Gasteiger partial charge in [0.2, 0.25) is 0 Å². The number of hydrogen-bond acceptors (Lipinski definition) is 2. The number of Topliss-reactive ketones (excluding diaryl/α,β-unsaturated/α-hetero) is 2. The molecule has 6 aromatic rings. The zero-order chi connectivity index (χ0) is 25.8. The van der Waals surface area contributed by atoms with Crippen LogP contribution in [0.1, 0.15) is 51.3 Å². The summed E-state index contributed by atoms with van der Waals surface area (Å²) in [5.74, 6) is -0.395. The minimum atomic E-state index is -0.252. The molecule has 1 aliphatic heterocycles. The van der Waals surface area contributed by atoms with Gasteiger partial charge in [0, 0.05) is 27.3 Å². The van der Waals surface area contributed by atoms with Gasteiger partial charge in [-0.3, -0.25) is 9.59 Å². The Morgan fingerprint density at radius 1 is 0.658 bits per heavy atom. The Labute approximate surface area is 219 Å². The molecule has 3 nitrogen and oxygen atoms in total. The van der Waals surface area contributed by atoms with Crippen molar-refractivity contribution in [2.45, 2.75) is 19.3 Å². The summed E-state index contributed by atoms with van der Waals surface area (Å²) in [6.45, 7) is 4.51. The molecule has 0 amide bonds. The first-order chi connectivity index (χ1) is 18.4. The Morgan fingerprint density at radius 2 is 1.29 bits per heavy atom. The van der Waals surface area contributed by atoms with E-state index in [1.807, 2.05) is 36.4 Å². The van der Waals surface area contributed by atoms with Gasteiger partial charge in [-0.15, -0.1) is 0 Å². The van der Waals surface area contributed by atoms with Crippen molar-refractivity contribution in [3.8, 4) is 5.69 Å². The molecule has 1 aromatic heterocycles. The number of allylic oxidation sites excluding steroid dienone is 1. The van der Waals surface area contributed by atoms with Crippen LogP contribution < -0.4 is 0 Å². The zero-order valence-corrected chi connectivity index (χ0v) is 21.1. The van der Waals surface area contributed by atoms with Crippen LogP contribution in [0.3, 0.4) is 0 Å². The maximum atomic E-state index is 13.5. The van der Waals surface area contributed by atoms with Gasteiger partial charge in [0.05, 0.1) is 22.3 Å². The Bertz CT molecular complexity index is 2030. The monoisotopic (exact) mass is 489 g/mol. The normalized spacial score (nSPS) is 15.4. The summed E-state index contributed by atoms with van der Waals surface area (Å²) in [4.78, 5) is 27.0. The number of rotatable bonds is 1. The standard InChI is InChI=1S/C35H23NO2/c1-35(2)28-12-6-8-14-31(28)36-30-13-7-5-11-23(30)24-15-20(17-29(35)32(24)36)16-27-33(37)25-18-21-9-3-4-10-22(21)19-26(25)34(27)38/h3-19H,1-2H3. The lowest BCUT2D eigenvalue weighted by Crippen LogP contribution is -2.26. The van der Waals surface area contributed by atoms with Crippen LogP contribution in [0.2, 0.25) is 0 Å². The van der Waals surface area contributed by atoms with Crippen molar-refractivity contribution in [1.29, 1.82) is 0 Å². The fourth-order valence-electron chi connectivity index (χ4n) is 6.58. The second-order valence-electron chi connectivity index (χ2n) is 10.9. The van der Waals surface area contributed by atoms with Crippen LogP contribution in [-0.2, 0) is 5.41 Å². The van der Waals surface area contributed by atoms with E-state index >= 15 is 0 Å². The van der Waals surface area contributed by atoms with Gasteiger partial charge in [0.1, 0.15) is 0 Å². The smallest absolute Gasteiger partial charge is 0.197 e. The van der Waals surface area contributed by atoms with Crippen molar-refractivity contribution >= 4 is 50.2 Å². The molecule has 0 saturated heterocycles. The van der Waals surface area contributed by atoms with Gasteiger partial charge < -0.3 is 4.57 Å². The number of benzene rings is 5. The highest BCUT2D eigenvalue weighted by Crippen LogP contribution is 2.48. The van der Waals surface area contributed by atoms with E-state index in [0.29, 0.717) is 11.1 Å². The lowest BCUT2D eigenvalue weighted by molar-refractivity contribution is 0.0990. The van der Waals surface area contributed by atoms with Gasteiger partial charge in [-0.05, 0) is 69.9 Å². The molecule has 0 unspecified atom stereocenters. The van der Waals surface area contributed by atoms with E-state index in [0.717, 1.165) is 32.6 Å². The molecule has 180 valence electrons. The molecule has 1 aliphatic carbocycles. The van der Waals surface area contributed by atoms with Gasteiger partial charge in [-0.1, -0.05) is 74.5 Å². The van der Waals surface area contributed by atoms with E-state index in [1.54, 1.807) is 6.08 Å². The average molecular weight is 490 g/mol. The highest BCUT2D eigenvalue weighted by Gasteiger charge is 2.36. The van der Waals surface area contributed by atoms with Gasteiger partial charge >= 0.3 is 0 Å². The average Bonchev–Trinajstić information content (AvgIpc) is 3.38. The number of para-hydroxylation sites is 2. The predicted molar refractivity (Wildman–Crippen MR) is 153 cm³/mol. The van der Waals surface area contributed by atoms with E-state index in [2.05, 4.69) is 79.1 Å². The first-order valence-corrected chi connectivity index (χ1v) is 12.9. The molecule has 5 aromatic carbocycles. The van der Waals surface area contributed by atoms with Crippen molar-refractivity contribution in [3.05, 3.63) is 130 Å². The molecule has 0 saturated carbocycles. The molecule has 0 bridgehead atoms. The van der Waals surface area contributed by atoms with Crippen LogP contribution in [0.5, 0.6) is 0 Å². The lowest BCUT2D eigenvalue weighted by atomic mass is 9.74. The molecular weight excluding hydrogens is 466 g/mol. The number of carbonyl (C=O) groups excluding carboxylic acids is 2. The third-order valence-corrected chi connectivity index (χ3v) is 8.46. The first kappa shape index (κ1) is 21.3. The maximum Gasteiger partial charge on any atom is 0.197 e. The van der Waals surface area contributed by atoms with Crippen LogP contribution in [0.4, 0.5) is 0 Å². The van der Waals surface area contributed by atoms with Crippen molar-refractivity contribution in [1.82, 2.24) is 4.57 Å². The second-order valence-corrected chi connectivity index (χ2v) is 10.9. The van der Waals surface area contributed by atoms with E-state index in [-0.39, 0.29) is 22.6 Å². The Morgan fingerprint density at radius 3 is 2.03 bits per heavy atom. The van der Waals surface area contributed by atoms with E-state index in [1.165, 1.54) is 22.3 Å². The maximum absolute atomic E-state index is 13.5. The highest BCUT2D eigenvalue weighted by atomic mass is 16.2. The van der Waals surface area contributed by atoms with Crippen LogP contribution >= 0.6 is 0 Å². The highest BCUT2D eigenvalue weighted by molar-refractivity contribution is 6.42. The fourth-order valence-corrected chi connectivity index (χ4v) is 6.58. The topological polar surface area (TPSA) is 39.1 Å². The van der Waals surface area contributed by atoms with E-state index in [4.69, 9.17) is 0 Å². The number of hydrogen-bond donors (Lipinski definition) is 0. The Hall–Kier alpha value is -4.76. The molecule has 3 heteroatoms. The summed E-state index contributed by atoms with van der Waals surface area (Å²) in [5, 5.41) is 4.23. The summed E-state index contributed by atoms with van der Waals surface area (Å²) in [6.07, 6.45) is 1.80. The summed E-state index contributed by atoms with van der Waals surface area (Å²) in [6, 6.07) is 32.9. The van der Waals surface area contributed by atoms with Gasteiger partial charge in [0.15, 0.2) is 11.6 Å². The molecule has 8 rings (SSSR count). The number of nitrogens with zero attached hydrogens (tertiary/aromatic N) is 1. The molecular formula is C35H23NO2. The first-order valence-electron chi connectivity index (χ1n) is 12.9. The third kappa shape index (κ3) is 2.63. The van der Waals surface area contributed by atoms with Crippen molar-refractivity contribution < 1.29 is 9.59 Å². The van der Waals surface area contributed by atoms with Gasteiger partial charge in [-0.2, -0.15) is 0 Å². The van der Waals surface area contributed by atoms with E-state index in [9.17, 15) is 9.59 Å². The molecule has 0 radical (unpaired) electrons. The lowest BCUT2D eigenvalue weighted by Gasteiger charge is -2.35. The minimum absolute atomic E-state index is 0.198. The minimum Gasteiger partial charge on any atom is -0.309 e. The van der Waals surface area contributed by atoms with Crippen LogP contribution in [0.15, 0.2) is 103 Å². The number of fused-ring (bicyclic) bond motifs is 7. The van der Waals surface area contributed by atoms with Gasteiger partial charge in [-0.25, -0.2) is 0 Å². The van der Waals surface area contributed by atoms with E-state index < -0.39 is 0 Å². The van der Waals surface area contributed by atoms with Crippen LogP contribution in [0, 0.1) is 0 Å². The molecule has 38 heavy (non-hydrogen) atoms. The van der Waals surface area contributed by atoms with Crippen molar-refractivity contribution in [2.75, 3.05) is 0 Å². The molecule has 0 N–H and O–H groups in total. The number of aromatic nitrogens is 1. The van der Waals surface area contributed by atoms with Crippen molar-refractivity contribution in [3.63, 3.8) is 0 Å². The summed E-state index contributed by atoms with van der Waals surface area (Å²) >= 11 is 0. The molecule has 2 aliphatic rings. The second kappa shape index (κ2) is 7.17. The quantitative estimate of drug-likeness (QED) is 0.173. The van der Waals surface area contributed by atoms with Crippen LogP contribution in [-0.4, -0.2) is 16.1 Å². The molecule has 0 spiro atoms. The zero-order valence-electron chi connectivity index (χ0n) is 21.1. The summed E-state index contributed by atoms with van der Waals surface area (Å²) in [7, 11) is 0. The van der Waals surface area contributed by atoms with Gasteiger partial charge in [0.25, 0.3) is 0 Å². The summed E-state index contributed by atoms with van der Waals surface area (Å²) < 4.78 is 2.37. The van der Waals surface area contributed by atoms with Crippen molar-refractivity contribution in [2.24, 2.45) is 0 Å². The number of ketones is 2. The SMILES string of the molecule is CC1(C)c2ccccc2-n2c3ccccc3c3cc(C=C4C(=O)c5cc6ccccc6cc5C4=O)cc1c32. The molecule has 0 fully saturated rings. The molecule has 2 heterocycles. The largest absolute Gasteiger partial charge is 0.309 e. The Kier molecular flexibility index (Phi) is 4.03. The summed E-state index contributed by atoms with van der Waals surface area (Å²) in [5.41, 5.74) is 7.84. The predicted octanol–water partition coefficient (Wildman–Crippen LogP) is 8.04. The number of carbonyl (C=O) groups is 2. The Balaban J connectivity index is 1.40. The molecule has 0 atom stereocenters. The third-order valence-electron chi connectivity index (χ3n) is 8.46. The van der Waals surface area contributed by atoms with Crippen LogP contribution in [0.25, 0.3) is 44.3 Å². The fraction of sp³-hybridized carbons (Fsp3) is 0.0857.